The van der Waals surface area contributed by atoms with Crippen LogP contribution in [0.3, 0.4) is 0 Å². The molecule has 1 rings (SSSR count). The lowest BCUT2D eigenvalue weighted by Gasteiger charge is -2.39. The zero-order valence-electron chi connectivity index (χ0n) is 14.4. The summed E-state index contributed by atoms with van der Waals surface area (Å²) in [4.78, 5) is 31.3. The number of hydrogen-bond donors (Lipinski definition) is 0. The largest absolute Gasteiger partial charge is 0.340 e. The van der Waals surface area contributed by atoms with Crippen LogP contribution in [0.25, 0.3) is 0 Å². The van der Waals surface area contributed by atoms with Crippen LogP contribution in [0.5, 0.6) is 0 Å². The van der Waals surface area contributed by atoms with E-state index in [1.54, 1.807) is 18.7 Å². The minimum Gasteiger partial charge on any atom is -0.340 e. The zero-order chi connectivity index (χ0) is 17.0. The molecule has 0 aromatic carbocycles. The van der Waals surface area contributed by atoms with Gasteiger partial charge in [-0.2, -0.15) is 0 Å². The summed E-state index contributed by atoms with van der Waals surface area (Å²) >= 11 is 0. The number of amides is 1. The average molecular weight is 315 g/mol. The van der Waals surface area contributed by atoms with Gasteiger partial charge in [0.1, 0.15) is 6.61 Å². The smallest absolute Gasteiger partial charge is 0.294 e. The Balaban J connectivity index is 2.43. The molecule has 1 aliphatic heterocycles. The van der Waals surface area contributed by atoms with E-state index in [0.29, 0.717) is 18.5 Å². The molecule has 128 valence electrons. The van der Waals surface area contributed by atoms with Crippen molar-refractivity contribution in [3.63, 3.8) is 0 Å². The second kappa shape index (κ2) is 7.26. The van der Waals surface area contributed by atoms with Crippen LogP contribution in [0.1, 0.15) is 41.0 Å². The molecule has 1 saturated heterocycles. The molecule has 22 heavy (non-hydrogen) atoms. The van der Waals surface area contributed by atoms with Gasteiger partial charge in [-0.25, -0.2) is 0 Å². The second-order valence-electron chi connectivity index (χ2n) is 7.83. The molecule has 7 nitrogen and oxygen atoms in total. The Morgan fingerprint density at radius 3 is 2.14 bits per heavy atom. The summed E-state index contributed by atoms with van der Waals surface area (Å²) in [5.74, 6) is -0.0789. The number of carbonyl (C=O) groups is 1. The van der Waals surface area contributed by atoms with Crippen LogP contribution in [0.4, 0.5) is 0 Å². The molecular formula is C15H29N3O4. The molecule has 0 unspecified atom stereocenters. The normalized spacial score (nSPS) is 17.4. The van der Waals surface area contributed by atoms with E-state index >= 15 is 0 Å². The monoisotopic (exact) mass is 315 g/mol. The quantitative estimate of drug-likeness (QED) is 0.552. The highest BCUT2D eigenvalue weighted by Crippen LogP contribution is 2.22. The zero-order valence-corrected chi connectivity index (χ0v) is 14.4. The first kappa shape index (κ1) is 18.7. The van der Waals surface area contributed by atoms with E-state index in [1.807, 2.05) is 0 Å². The van der Waals surface area contributed by atoms with Crippen molar-refractivity contribution in [1.82, 2.24) is 9.80 Å². The van der Waals surface area contributed by atoms with Crippen LogP contribution < -0.4 is 0 Å². The molecule has 1 fully saturated rings. The van der Waals surface area contributed by atoms with Crippen molar-refractivity contribution in [1.29, 1.82) is 0 Å². The Kier molecular flexibility index (Phi) is 6.17. The fourth-order valence-electron chi connectivity index (χ4n) is 2.37. The van der Waals surface area contributed by atoms with Crippen molar-refractivity contribution in [2.24, 2.45) is 10.8 Å². The summed E-state index contributed by atoms with van der Waals surface area (Å²) < 4.78 is 0. The summed E-state index contributed by atoms with van der Waals surface area (Å²) in [6.07, 6.45) is 1.13. The molecule has 1 aliphatic rings. The van der Waals surface area contributed by atoms with E-state index in [4.69, 9.17) is 0 Å². The molecule has 0 spiro atoms. The number of nitrogens with zero attached hydrogens (tertiary/aromatic N) is 3. The van der Waals surface area contributed by atoms with Crippen LogP contribution in [0.15, 0.2) is 0 Å². The van der Waals surface area contributed by atoms with Crippen molar-refractivity contribution in [3.05, 3.63) is 10.1 Å². The van der Waals surface area contributed by atoms with Crippen molar-refractivity contribution in [2.75, 3.05) is 39.3 Å². The van der Waals surface area contributed by atoms with Crippen LogP contribution in [-0.4, -0.2) is 60.1 Å². The van der Waals surface area contributed by atoms with Crippen LogP contribution >= 0.6 is 0 Å². The first-order valence-electron chi connectivity index (χ1n) is 7.80. The van der Waals surface area contributed by atoms with E-state index in [1.165, 1.54) is 0 Å². The number of carbonyl (C=O) groups excluding carboxylic acids is 1. The third-order valence-corrected chi connectivity index (χ3v) is 3.95. The van der Waals surface area contributed by atoms with Gasteiger partial charge in [0.2, 0.25) is 5.91 Å². The Bertz CT molecular complexity index is 396. The highest BCUT2D eigenvalue weighted by Gasteiger charge is 2.34. The van der Waals surface area contributed by atoms with E-state index < -0.39 is 10.5 Å². The topological polar surface area (TPSA) is 75.9 Å². The molecule has 0 radical (unpaired) electrons. The molecule has 0 atom stereocenters. The SMILES string of the molecule is CC(C)(C)CCN1CCN(C(=O)C(C)(C)CO[N+](=O)[O-])CC1. The van der Waals surface area contributed by atoms with Gasteiger partial charge >= 0.3 is 0 Å². The van der Waals surface area contributed by atoms with Gasteiger partial charge in [-0.15, -0.1) is 10.1 Å². The minimum absolute atomic E-state index is 0.0789. The lowest BCUT2D eigenvalue weighted by Crippen LogP contribution is -2.53. The van der Waals surface area contributed by atoms with Gasteiger partial charge in [-0.05, 0) is 32.2 Å². The molecule has 0 aromatic heterocycles. The molecule has 0 aromatic rings. The third-order valence-electron chi connectivity index (χ3n) is 3.95. The Labute approximate surface area is 132 Å². The van der Waals surface area contributed by atoms with Crippen LogP contribution in [0, 0.1) is 20.9 Å². The van der Waals surface area contributed by atoms with Crippen molar-refractivity contribution < 1.29 is 14.7 Å². The Hall–Kier alpha value is -1.37. The van der Waals surface area contributed by atoms with Gasteiger partial charge in [0.15, 0.2) is 0 Å². The first-order valence-corrected chi connectivity index (χ1v) is 7.80. The first-order chi connectivity index (χ1) is 10.0. The van der Waals surface area contributed by atoms with E-state index in [-0.39, 0.29) is 12.5 Å². The molecule has 0 aliphatic carbocycles. The fourth-order valence-corrected chi connectivity index (χ4v) is 2.37. The minimum atomic E-state index is -0.874. The lowest BCUT2D eigenvalue weighted by atomic mass is 9.91. The third kappa shape index (κ3) is 6.17. The number of rotatable bonds is 6. The highest BCUT2D eigenvalue weighted by atomic mass is 16.9. The maximum Gasteiger partial charge on any atom is 0.294 e. The molecule has 1 heterocycles. The standard InChI is InChI=1S/C15H29N3O4/c1-14(2,3)6-7-16-8-10-17(11-9-16)13(19)15(4,5)12-22-18(20)21/h6-12H2,1-5H3. The summed E-state index contributed by atoms with van der Waals surface area (Å²) in [7, 11) is 0. The molecule has 7 heteroatoms. The predicted octanol–water partition coefficient (Wildman–Crippen LogP) is 1.80. The van der Waals surface area contributed by atoms with Crippen molar-refractivity contribution in [3.8, 4) is 0 Å². The fraction of sp³-hybridized carbons (Fsp3) is 0.933. The van der Waals surface area contributed by atoms with E-state index in [9.17, 15) is 14.9 Å². The molecule has 0 N–H and O–H groups in total. The van der Waals surface area contributed by atoms with Gasteiger partial charge in [0.25, 0.3) is 5.09 Å². The molecule has 1 amide bonds. The Morgan fingerprint density at radius 2 is 1.68 bits per heavy atom. The van der Waals surface area contributed by atoms with Gasteiger partial charge in [-0.1, -0.05) is 20.8 Å². The maximum atomic E-state index is 12.5. The summed E-state index contributed by atoms with van der Waals surface area (Å²) in [5, 5.41) is 9.44. The average Bonchev–Trinajstić information content (AvgIpc) is 2.42. The molecule has 0 saturated carbocycles. The number of hydrogen-bond acceptors (Lipinski definition) is 5. The van der Waals surface area contributed by atoms with E-state index in [0.717, 1.165) is 26.1 Å². The van der Waals surface area contributed by atoms with Gasteiger partial charge < -0.3 is 9.74 Å². The van der Waals surface area contributed by atoms with Gasteiger partial charge in [0, 0.05) is 26.2 Å². The van der Waals surface area contributed by atoms with Crippen LogP contribution in [0.2, 0.25) is 0 Å². The lowest BCUT2D eigenvalue weighted by molar-refractivity contribution is -0.760. The summed E-state index contributed by atoms with van der Waals surface area (Å²) in [6, 6.07) is 0. The van der Waals surface area contributed by atoms with Crippen molar-refractivity contribution >= 4 is 5.91 Å². The van der Waals surface area contributed by atoms with E-state index in [2.05, 4.69) is 30.5 Å². The van der Waals surface area contributed by atoms with Crippen molar-refractivity contribution in [2.45, 2.75) is 41.0 Å². The summed E-state index contributed by atoms with van der Waals surface area (Å²) in [6.45, 7) is 13.9. The number of piperazine rings is 1. The second-order valence-corrected chi connectivity index (χ2v) is 7.83. The van der Waals surface area contributed by atoms with Gasteiger partial charge in [0.05, 0.1) is 5.41 Å². The predicted molar refractivity (Wildman–Crippen MR) is 83.8 cm³/mol. The molecule has 0 bridgehead atoms. The maximum absolute atomic E-state index is 12.5. The van der Waals surface area contributed by atoms with Crippen LogP contribution in [-0.2, 0) is 9.63 Å². The highest BCUT2D eigenvalue weighted by molar-refractivity contribution is 5.82. The molecular weight excluding hydrogens is 286 g/mol. The Morgan fingerprint density at radius 1 is 1.14 bits per heavy atom. The van der Waals surface area contributed by atoms with Gasteiger partial charge in [-0.3, -0.25) is 9.69 Å². The summed E-state index contributed by atoms with van der Waals surface area (Å²) in [5.41, 5.74) is -0.560.